The molecule has 0 aliphatic carbocycles. The lowest BCUT2D eigenvalue weighted by Gasteiger charge is -2.34. The summed E-state index contributed by atoms with van der Waals surface area (Å²) in [4.78, 5) is 30.2. The summed E-state index contributed by atoms with van der Waals surface area (Å²) in [5.74, 6) is 0.591. The van der Waals surface area contributed by atoms with Crippen LogP contribution in [0.15, 0.2) is 36.7 Å². The molecule has 0 saturated carbocycles. The molecular weight excluding hydrogens is 525 g/mol. The van der Waals surface area contributed by atoms with Crippen LogP contribution in [0.3, 0.4) is 0 Å². The maximum Gasteiger partial charge on any atom is 0.253 e. The number of carbonyl (C=O) groups excluding carboxylic acids is 1. The number of nitrogens with one attached hydrogen (secondary N) is 1. The van der Waals surface area contributed by atoms with Gasteiger partial charge in [0.05, 0.1) is 24.7 Å². The topological polar surface area (TPSA) is 97.6 Å². The molecule has 3 aromatic rings. The van der Waals surface area contributed by atoms with E-state index in [1.54, 1.807) is 25.4 Å². The van der Waals surface area contributed by atoms with Gasteiger partial charge in [0, 0.05) is 70.3 Å². The minimum Gasteiger partial charge on any atom is -0.383 e. The Labute approximate surface area is 233 Å². The van der Waals surface area contributed by atoms with Gasteiger partial charge in [0.15, 0.2) is 5.82 Å². The first kappa shape index (κ1) is 28.9. The molecule has 39 heavy (non-hydrogen) atoms. The van der Waals surface area contributed by atoms with Gasteiger partial charge >= 0.3 is 0 Å². The molecule has 0 spiro atoms. The fourth-order valence-corrected chi connectivity index (χ4v) is 5.04. The van der Waals surface area contributed by atoms with Crippen molar-refractivity contribution >= 4 is 29.9 Å². The summed E-state index contributed by atoms with van der Waals surface area (Å²) in [5.41, 5.74) is 2.15. The number of imidazole rings is 1. The molecule has 1 N–H and O–H groups in total. The van der Waals surface area contributed by atoms with Crippen molar-refractivity contribution in [1.29, 1.82) is 0 Å². The van der Waals surface area contributed by atoms with E-state index in [1.807, 2.05) is 24.0 Å². The van der Waals surface area contributed by atoms with Crippen molar-refractivity contribution in [3.05, 3.63) is 53.9 Å². The van der Waals surface area contributed by atoms with Crippen LogP contribution in [0.5, 0.6) is 0 Å². The molecule has 10 nitrogen and oxygen atoms in total. The van der Waals surface area contributed by atoms with Gasteiger partial charge in [0.25, 0.3) is 5.91 Å². The lowest BCUT2D eigenvalue weighted by molar-refractivity contribution is 0.0594. The Morgan fingerprint density at radius 2 is 1.82 bits per heavy atom. The Kier molecular flexibility index (Phi) is 9.84. The third kappa shape index (κ3) is 6.73. The normalized spacial score (nSPS) is 16.6. The average Bonchev–Trinajstić information content (AvgIpc) is 3.34. The van der Waals surface area contributed by atoms with Crippen LogP contribution in [0, 0.1) is 12.7 Å². The van der Waals surface area contributed by atoms with E-state index >= 15 is 0 Å². The van der Waals surface area contributed by atoms with Crippen molar-refractivity contribution in [3.63, 3.8) is 0 Å². The van der Waals surface area contributed by atoms with E-state index in [0.29, 0.717) is 49.9 Å². The maximum atomic E-state index is 14.9. The van der Waals surface area contributed by atoms with Gasteiger partial charge in [0.2, 0.25) is 5.95 Å². The summed E-state index contributed by atoms with van der Waals surface area (Å²) in [6, 6.07) is 7.38. The maximum absolute atomic E-state index is 14.9. The standard InChI is InChI=1S/C27H34FN7O3.ClH/c1-19-29-18-24(35(19)22-7-14-38-15-8-22)25-23(28)17-30-27(32-25)31-21-5-3-20(4-6-21)26(36)34-11-9-33(10-12-34)13-16-37-2;/h3-6,17-18,22H,7-16H2,1-2H3,(H,30,31,32);1H. The highest BCUT2D eigenvalue weighted by Gasteiger charge is 2.24. The Bertz CT molecular complexity index is 1240. The summed E-state index contributed by atoms with van der Waals surface area (Å²) in [6.07, 6.45) is 4.52. The van der Waals surface area contributed by atoms with Gasteiger partial charge in [-0.2, -0.15) is 0 Å². The summed E-state index contributed by atoms with van der Waals surface area (Å²) in [6.45, 7) is 7.90. The average molecular weight is 560 g/mol. The number of methoxy groups -OCH3 is 1. The zero-order chi connectivity index (χ0) is 26.5. The molecule has 0 bridgehead atoms. The largest absolute Gasteiger partial charge is 0.383 e. The van der Waals surface area contributed by atoms with Gasteiger partial charge in [-0.05, 0) is 44.0 Å². The van der Waals surface area contributed by atoms with E-state index in [1.165, 1.54) is 6.20 Å². The van der Waals surface area contributed by atoms with Gasteiger partial charge in [-0.25, -0.2) is 19.3 Å². The molecule has 0 atom stereocenters. The third-order valence-electron chi connectivity index (χ3n) is 7.18. The number of piperazine rings is 1. The van der Waals surface area contributed by atoms with Crippen molar-refractivity contribution in [2.45, 2.75) is 25.8 Å². The fraction of sp³-hybridized carbons (Fsp3) is 0.481. The Morgan fingerprint density at radius 3 is 2.51 bits per heavy atom. The van der Waals surface area contributed by atoms with E-state index < -0.39 is 5.82 Å². The van der Waals surface area contributed by atoms with E-state index in [2.05, 4.69) is 29.7 Å². The molecule has 1 amide bonds. The minimum absolute atomic E-state index is 0. The van der Waals surface area contributed by atoms with Gasteiger partial charge in [-0.15, -0.1) is 12.4 Å². The van der Waals surface area contributed by atoms with Gasteiger partial charge in [-0.3, -0.25) is 9.69 Å². The first-order valence-corrected chi connectivity index (χ1v) is 13.1. The van der Waals surface area contributed by atoms with Gasteiger partial charge in [-0.1, -0.05) is 0 Å². The fourth-order valence-electron chi connectivity index (χ4n) is 5.04. The monoisotopic (exact) mass is 559 g/mol. The van der Waals surface area contributed by atoms with Crippen molar-refractivity contribution in [2.24, 2.45) is 0 Å². The summed E-state index contributed by atoms with van der Waals surface area (Å²) >= 11 is 0. The van der Waals surface area contributed by atoms with Crippen molar-refractivity contribution < 1.29 is 18.7 Å². The van der Waals surface area contributed by atoms with Crippen LogP contribution < -0.4 is 5.32 Å². The number of aryl methyl sites for hydroxylation is 1. The first-order chi connectivity index (χ1) is 18.5. The number of halogens is 2. The third-order valence-corrected chi connectivity index (χ3v) is 7.18. The highest BCUT2D eigenvalue weighted by molar-refractivity contribution is 5.94. The number of aromatic nitrogens is 4. The molecule has 2 saturated heterocycles. The quantitative estimate of drug-likeness (QED) is 0.446. The molecule has 0 radical (unpaired) electrons. The van der Waals surface area contributed by atoms with Crippen LogP contribution in [0.25, 0.3) is 11.4 Å². The lowest BCUT2D eigenvalue weighted by Crippen LogP contribution is -2.49. The molecule has 210 valence electrons. The SMILES string of the molecule is COCCN1CCN(C(=O)c2ccc(Nc3ncc(F)c(-c4cnc(C)n4C4CCOCC4)n3)cc2)CC1.Cl. The number of benzene rings is 1. The number of hydrogen-bond acceptors (Lipinski definition) is 8. The molecule has 2 aliphatic rings. The molecule has 1 aromatic carbocycles. The second kappa shape index (κ2) is 13.3. The number of nitrogens with zero attached hydrogens (tertiary/aromatic N) is 6. The van der Waals surface area contributed by atoms with Crippen LogP contribution >= 0.6 is 12.4 Å². The molecule has 5 rings (SSSR count). The van der Waals surface area contributed by atoms with Crippen LogP contribution in [-0.4, -0.2) is 94.9 Å². The van der Waals surface area contributed by atoms with Crippen molar-refractivity contribution in [2.75, 3.05) is 65.0 Å². The molecule has 4 heterocycles. The summed E-state index contributed by atoms with van der Waals surface area (Å²) in [7, 11) is 1.70. The second-order valence-corrected chi connectivity index (χ2v) is 9.62. The summed E-state index contributed by atoms with van der Waals surface area (Å²) < 4.78 is 27.6. The van der Waals surface area contributed by atoms with Crippen molar-refractivity contribution in [3.8, 4) is 11.4 Å². The van der Waals surface area contributed by atoms with Crippen LogP contribution in [0.2, 0.25) is 0 Å². The molecule has 0 unspecified atom stereocenters. The number of amides is 1. The minimum atomic E-state index is -0.507. The Morgan fingerprint density at radius 1 is 1.10 bits per heavy atom. The van der Waals surface area contributed by atoms with E-state index in [-0.39, 0.29) is 36.0 Å². The molecular formula is C27H35ClFN7O3. The molecule has 2 fully saturated rings. The smallest absolute Gasteiger partial charge is 0.253 e. The lowest BCUT2D eigenvalue weighted by atomic mass is 10.1. The zero-order valence-electron chi connectivity index (χ0n) is 22.3. The number of hydrogen-bond donors (Lipinski definition) is 1. The predicted molar refractivity (Wildman–Crippen MR) is 148 cm³/mol. The van der Waals surface area contributed by atoms with Crippen LogP contribution in [0.4, 0.5) is 16.0 Å². The molecule has 12 heteroatoms. The molecule has 2 aromatic heterocycles. The second-order valence-electron chi connectivity index (χ2n) is 9.62. The summed E-state index contributed by atoms with van der Waals surface area (Å²) in [5, 5.41) is 3.14. The number of anilines is 2. The Hall–Kier alpha value is -3.12. The number of ether oxygens (including phenoxy) is 2. The first-order valence-electron chi connectivity index (χ1n) is 13.1. The highest BCUT2D eigenvalue weighted by Crippen LogP contribution is 2.31. The molecule has 2 aliphatic heterocycles. The predicted octanol–water partition coefficient (Wildman–Crippen LogP) is 3.71. The van der Waals surface area contributed by atoms with Gasteiger partial charge in [0.1, 0.15) is 11.5 Å². The number of carbonyl (C=O) groups is 1. The number of rotatable bonds is 8. The zero-order valence-corrected chi connectivity index (χ0v) is 23.1. The van der Waals surface area contributed by atoms with E-state index in [0.717, 1.165) is 38.3 Å². The van der Waals surface area contributed by atoms with Crippen LogP contribution in [0.1, 0.15) is 35.1 Å². The highest BCUT2D eigenvalue weighted by atomic mass is 35.5. The van der Waals surface area contributed by atoms with E-state index in [4.69, 9.17) is 9.47 Å². The van der Waals surface area contributed by atoms with Crippen LogP contribution in [-0.2, 0) is 9.47 Å². The van der Waals surface area contributed by atoms with Crippen molar-refractivity contribution in [1.82, 2.24) is 29.3 Å². The van der Waals surface area contributed by atoms with E-state index in [9.17, 15) is 9.18 Å². The Balaban J connectivity index is 0.00000353. The van der Waals surface area contributed by atoms with Gasteiger partial charge < -0.3 is 24.3 Å².